The molecule has 0 fully saturated rings. The quantitative estimate of drug-likeness (QED) is 0.0802. The van der Waals surface area contributed by atoms with Gasteiger partial charge in [0.1, 0.15) is 46.0 Å². The monoisotopic (exact) mass is 630 g/mol. The number of carbonyl (C=O) groups excluding carboxylic acids is 5. The van der Waals surface area contributed by atoms with Crippen molar-refractivity contribution in [2.45, 2.75) is 37.9 Å². The smallest absolute Gasteiger partial charge is 0.342 e. The third kappa shape index (κ3) is 4.01. The van der Waals surface area contributed by atoms with E-state index in [0.29, 0.717) is 5.56 Å². The normalized spacial score (nSPS) is 22.6. The number of hydrogen-bond donors (Lipinski definition) is 6. The van der Waals surface area contributed by atoms with Gasteiger partial charge >= 0.3 is 11.9 Å². The van der Waals surface area contributed by atoms with Crippen molar-refractivity contribution in [1.29, 1.82) is 0 Å². The fraction of sp³-hybridized carbons (Fsp3) is 0.242. The lowest BCUT2D eigenvalue weighted by molar-refractivity contribution is -0.160. The Kier molecular flexibility index (Phi) is 6.71. The highest BCUT2D eigenvalue weighted by Gasteiger charge is 2.64. The Morgan fingerprint density at radius 1 is 0.891 bits per heavy atom. The highest BCUT2D eigenvalue weighted by molar-refractivity contribution is 6.24. The average Bonchev–Trinajstić information content (AvgIpc) is 2.98. The van der Waals surface area contributed by atoms with E-state index in [1.807, 2.05) is 0 Å². The molecule has 3 aliphatic carbocycles. The topological polar surface area (TPSA) is 225 Å². The second kappa shape index (κ2) is 10.2. The molecule has 13 heteroatoms. The summed E-state index contributed by atoms with van der Waals surface area (Å²) < 4.78 is 10.2. The van der Waals surface area contributed by atoms with Crippen molar-refractivity contribution in [1.82, 2.24) is 0 Å². The molecule has 0 radical (unpaired) electrons. The van der Waals surface area contributed by atoms with E-state index < -0.39 is 104 Å². The second-order valence-electron chi connectivity index (χ2n) is 11.5. The number of benzene rings is 3. The van der Waals surface area contributed by atoms with Gasteiger partial charge in [0.05, 0.1) is 30.1 Å². The van der Waals surface area contributed by atoms with Crippen molar-refractivity contribution in [2.75, 3.05) is 7.11 Å². The Hall–Kier alpha value is -5.69. The largest absolute Gasteiger partial charge is 0.507 e. The zero-order chi connectivity index (χ0) is 33.6. The molecule has 236 valence electrons. The number of hydrogen-bond acceptors (Lipinski definition) is 13. The molecule has 4 atom stereocenters. The minimum Gasteiger partial charge on any atom is -0.507 e. The SMILES string of the molecule is COC(=O)c1c(O)ccc(O)c1C(=O)c1c(O)cc2c(c1O)[C@H]1C=C(C2)C2[C@@H](OC(C)=O)c3cc(C)cc(O)c3C(=O)C2(O)C1=O. The number of rotatable bonds is 4. The molecule has 3 aromatic rings. The molecule has 6 N–H and O–H groups in total. The van der Waals surface area contributed by atoms with Crippen LogP contribution in [0.5, 0.6) is 28.7 Å². The van der Waals surface area contributed by atoms with Gasteiger partial charge in [0.15, 0.2) is 11.4 Å². The summed E-state index contributed by atoms with van der Waals surface area (Å²) in [5, 5.41) is 66.0. The molecule has 2 bridgehead atoms. The van der Waals surface area contributed by atoms with E-state index in [-0.39, 0.29) is 28.7 Å². The van der Waals surface area contributed by atoms with Crippen molar-refractivity contribution in [3.05, 3.63) is 86.5 Å². The lowest BCUT2D eigenvalue weighted by atomic mass is 9.56. The number of ether oxygens (including phenoxy) is 2. The molecule has 2 unspecified atom stereocenters. The van der Waals surface area contributed by atoms with Gasteiger partial charge in [0, 0.05) is 18.1 Å². The highest BCUT2D eigenvalue weighted by atomic mass is 16.5. The Morgan fingerprint density at radius 3 is 2.17 bits per heavy atom. The van der Waals surface area contributed by atoms with Gasteiger partial charge in [0.25, 0.3) is 0 Å². The van der Waals surface area contributed by atoms with E-state index in [1.54, 1.807) is 6.92 Å². The first-order valence-corrected chi connectivity index (χ1v) is 13.9. The summed E-state index contributed by atoms with van der Waals surface area (Å²) in [5.41, 5.74) is -4.99. The van der Waals surface area contributed by atoms with Crippen LogP contribution in [0.4, 0.5) is 0 Å². The number of Topliss-reactive ketones (excluding diaryl/α,β-unsaturated/α-hetero) is 2. The van der Waals surface area contributed by atoms with Crippen LogP contribution in [-0.2, 0) is 25.5 Å². The third-order valence-corrected chi connectivity index (χ3v) is 8.77. The first kappa shape index (κ1) is 30.3. The summed E-state index contributed by atoms with van der Waals surface area (Å²) in [6, 6.07) is 5.66. The van der Waals surface area contributed by atoms with Crippen molar-refractivity contribution >= 4 is 29.3 Å². The average molecular weight is 631 g/mol. The van der Waals surface area contributed by atoms with Gasteiger partial charge in [0.2, 0.25) is 11.6 Å². The number of allylic oxidation sites excluding steroid dienone is 1. The number of ketones is 3. The van der Waals surface area contributed by atoms with E-state index in [2.05, 4.69) is 4.74 Å². The molecule has 6 rings (SSSR count). The highest BCUT2D eigenvalue weighted by Crippen LogP contribution is 2.57. The fourth-order valence-corrected chi connectivity index (χ4v) is 6.95. The van der Waals surface area contributed by atoms with Crippen LogP contribution in [0, 0.1) is 12.8 Å². The van der Waals surface area contributed by atoms with E-state index in [4.69, 9.17) is 4.74 Å². The number of methoxy groups -OCH3 is 1. The number of phenolic OH excluding ortho intramolecular Hbond substituents is 5. The Morgan fingerprint density at radius 2 is 1.54 bits per heavy atom. The van der Waals surface area contributed by atoms with Gasteiger partial charge in [-0.25, -0.2) is 4.79 Å². The van der Waals surface area contributed by atoms with Crippen LogP contribution >= 0.6 is 0 Å². The first-order chi connectivity index (χ1) is 21.6. The summed E-state index contributed by atoms with van der Waals surface area (Å²) in [7, 11) is 0.961. The summed E-state index contributed by atoms with van der Waals surface area (Å²) in [6.45, 7) is 2.73. The zero-order valence-electron chi connectivity index (χ0n) is 24.4. The standard InChI is InChI=1S/C33H26O13/c1-11-6-15-22(19(37)7-11)31(42)33(44)26(29(15)46-12(2)34)14-8-13-10-20(38)25(27(39)21(13)16(9-14)30(33)41)28(40)23-17(35)4-5-18(36)24(23)32(43)45-3/h4-7,9-10,16,26,29,35-39,44H,8H2,1-3H3/t16-,26?,29+,33?/m1/s1. The maximum absolute atomic E-state index is 14.2. The number of esters is 2. The molecule has 0 heterocycles. The first-order valence-electron chi connectivity index (χ1n) is 13.9. The van der Waals surface area contributed by atoms with Gasteiger partial charge < -0.3 is 40.1 Å². The second-order valence-corrected chi connectivity index (χ2v) is 11.5. The predicted octanol–water partition coefficient (Wildman–Crippen LogP) is 2.54. The van der Waals surface area contributed by atoms with Crippen LogP contribution in [0.3, 0.4) is 0 Å². The van der Waals surface area contributed by atoms with E-state index in [1.165, 1.54) is 18.2 Å². The molecule has 3 aliphatic rings. The molecule has 0 aromatic heterocycles. The minimum atomic E-state index is -2.89. The van der Waals surface area contributed by atoms with Crippen LogP contribution in [-0.4, -0.2) is 72.6 Å². The Labute approximate surface area is 259 Å². The Balaban J connectivity index is 1.55. The molecule has 13 nitrogen and oxygen atoms in total. The summed E-state index contributed by atoms with van der Waals surface area (Å²) >= 11 is 0. The molecule has 0 saturated heterocycles. The van der Waals surface area contributed by atoms with Crippen LogP contribution in [0.1, 0.15) is 77.8 Å². The predicted molar refractivity (Wildman–Crippen MR) is 154 cm³/mol. The van der Waals surface area contributed by atoms with E-state index >= 15 is 0 Å². The lowest BCUT2D eigenvalue weighted by Crippen LogP contribution is -2.62. The van der Waals surface area contributed by atoms with Crippen LogP contribution in [0.25, 0.3) is 0 Å². The van der Waals surface area contributed by atoms with Crippen molar-refractivity contribution in [2.24, 2.45) is 5.92 Å². The lowest BCUT2D eigenvalue weighted by Gasteiger charge is -2.49. The van der Waals surface area contributed by atoms with E-state index in [0.717, 1.165) is 32.2 Å². The fourth-order valence-electron chi connectivity index (χ4n) is 6.95. The molecule has 0 saturated carbocycles. The molecule has 46 heavy (non-hydrogen) atoms. The number of phenols is 5. The third-order valence-electron chi connectivity index (χ3n) is 8.77. The van der Waals surface area contributed by atoms with Crippen LogP contribution in [0.2, 0.25) is 0 Å². The minimum absolute atomic E-state index is 0.0873. The van der Waals surface area contributed by atoms with Gasteiger partial charge in [-0.3, -0.25) is 19.2 Å². The number of carbonyl (C=O) groups is 5. The van der Waals surface area contributed by atoms with Gasteiger partial charge in [-0.1, -0.05) is 17.7 Å². The number of aryl methyl sites for hydroxylation is 1. The van der Waals surface area contributed by atoms with Gasteiger partial charge in [-0.05, 0) is 48.7 Å². The molecule has 3 aromatic carbocycles. The summed E-state index contributed by atoms with van der Waals surface area (Å²) in [6.07, 6.45) is -0.206. The number of aromatic hydroxyl groups is 5. The summed E-state index contributed by atoms with van der Waals surface area (Å²) in [5.74, 6) is -12.5. The van der Waals surface area contributed by atoms with Crippen LogP contribution < -0.4 is 0 Å². The van der Waals surface area contributed by atoms with Crippen molar-refractivity contribution in [3.63, 3.8) is 0 Å². The van der Waals surface area contributed by atoms with E-state index in [9.17, 15) is 54.6 Å². The zero-order valence-corrected chi connectivity index (χ0v) is 24.4. The molecule has 0 amide bonds. The molecular formula is C33H26O13. The van der Waals surface area contributed by atoms with Crippen molar-refractivity contribution in [3.8, 4) is 28.7 Å². The Bertz CT molecular complexity index is 1990. The van der Waals surface area contributed by atoms with Crippen molar-refractivity contribution < 1.29 is 64.1 Å². The maximum atomic E-state index is 14.2. The number of aliphatic hydroxyl groups is 1. The van der Waals surface area contributed by atoms with Gasteiger partial charge in [-0.15, -0.1) is 0 Å². The molecular weight excluding hydrogens is 604 g/mol. The number of fused-ring (bicyclic) bond motifs is 6. The van der Waals surface area contributed by atoms with Crippen LogP contribution in [0.15, 0.2) is 42.0 Å². The molecule has 0 aliphatic heterocycles. The summed E-state index contributed by atoms with van der Waals surface area (Å²) in [4.78, 5) is 66.6. The maximum Gasteiger partial charge on any atom is 0.342 e. The van der Waals surface area contributed by atoms with Gasteiger partial charge in [-0.2, -0.15) is 0 Å². The molecule has 0 spiro atoms.